The Morgan fingerprint density at radius 3 is 3.00 bits per heavy atom. The van der Waals surface area contributed by atoms with Crippen molar-refractivity contribution in [1.29, 1.82) is 0 Å². The van der Waals surface area contributed by atoms with Crippen LogP contribution in [-0.2, 0) is 9.53 Å². The summed E-state index contributed by atoms with van der Waals surface area (Å²) in [7, 11) is 0. The lowest BCUT2D eigenvalue weighted by Crippen LogP contribution is -2.39. The van der Waals surface area contributed by atoms with Crippen molar-refractivity contribution in [3.8, 4) is 5.75 Å². The highest BCUT2D eigenvalue weighted by Crippen LogP contribution is 2.29. The molecular formula is C20H25ClN2O3. The van der Waals surface area contributed by atoms with E-state index in [1.165, 1.54) is 5.57 Å². The van der Waals surface area contributed by atoms with Crippen LogP contribution in [-0.4, -0.2) is 68.3 Å². The van der Waals surface area contributed by atoms with Gasteiger partial charge >= 0.3 is 0 Å². The summed E-state index contributed by atoms with van der Waals surface area (Å²) in [5, 5.41) is 0.727. The van der Waals surface area contributed by atoms with Crippen molar-refractivity contribution in [3.63, 3.8) is 0 Å². The van der Waals surface area contributed by atoms with E-state index < -0.39 is 0 Å². The first kappa shape index (κ1) is 17.8. The predicted octanol–water partition coefficient (Wildman–Crippen LogP) is 2.69. The predicted molar refractivity (Wildman–Crippen MR) is 101 cm³/mol. The minimum atomic E-state index is 0.0669. The van der Waals surface area contributed by atoms with E-state index >= 15 is 0 Å². The van der Waals surface area contributed by atoms with Crippen molar-refractivity contribution in [1.82, 2.24) is 9.80 Å². The molecule has 2 fully saturated rings. The fourth-order valence-electron chi connectivity index (χ4n) is 3.91. The van der Waals surface area contributed by atoms with E-state index in [9.17, 15) is 4.79 Å². The lowest BCUT2D eigenvalue weighted by atomic mass is 10.1. The van der Waals surface area contributed by atoms with Gasteiger partial charge < -0.3 is 14.4 Å². The number of benzene rings is 1. The molecule has 5 nitrogen and oxygen atoms in total. The zero-order valence-electron chi connectivity index (χ0n) is 15.0. The van der Waals surface area contributed by atoms with E-state index in [1.807, 2.05) is 23.1 Å². The molecule has 1 unspecified atom stereocenters. The summed E-state index contributed by atoms with van der Waals surface area (Å²) in [4.78, 5) is 17.1. The van der Waals surface area contributed by atoms with Crippen LogP contribution in [0.2, 0.25) is 5.02 Å². The molecule has 1 amide bonds. The van der Waals surface area contributed by atoms with Gasteiger partial charge in [-0.05, 0) is 42.7 Å². The van der Waals surface area contributed by atoms with Gasteiger partial charge in [0.2, 0.25) is 5.91 Å². The maximum absolute atomic E-state index is 12.6. The number of halogens is 1. The van der Waals surface area contributed by atoms with Gasteiger partial charge in [0.25, 0.3) is 0 Å². The Morgan fingerprint density at radius 1 is 1.23 bits per heavy atom. The Hall–Kier alpha value is -1.56. The van der Waals surface area contributed by atoms with Crippen molar-refractivity contribution in [2.24, 2.45) is 5.92 Å². The molecule has 0 saturated carbocycles. The third-order valence-electron chi connectivity index (χ3n) is 5.35. The molecule has 3 aliphatic rings. The highest BCUT2D eigenvalue weighted by Gasteiger charge is 2.29. The third-order valence-corrected chi connectivity index (χ3v) is 5.59. The number of carbonyl (C=O) groups is 1. The second kappa shape index (κ2) is 7.99. The summed E-state index contributed by atoms with van der Waals surface area (Å²) >= 11 is 6.10. The van der Waals surface area contributed by atoms with Crippen LogP contribution in [0.1, 0.15) is 18.4 Å². The Labute approximate surface area is 159 Å². The largest absolute Gasteiger partial charge is 0.489 e. The molecule has 1 aromatic carbocycles. The molecule has 0 N–H and O–H groups in total. The molecule has 3 heterocycles. The van der Waals surface area contributed by atoms with Gasteiger partial charge in [-0.15, -0.1) is 0 Å². The molecule has 0 aromatic heterocycles. The molecule has 1 aromatic rings. The minimum Gasteiger partial charge on any atom is -0.489 e. The average molecular weight is 377 g/mol. The standard InChI is InChI=1S/C20H25ClN2O3/c21-18-2-3-19-17(11-18)10-15(13-26-19)12-22-5-1-6-23(8-7-22)20(24)16-4-9-25-14-16/h2-3,10-11,16H,1,4-9,12-14H2. The zero-order valence-corrected chi connectivity index (χ0v) is 15.7. The van der Waals surface area contributed by atoms with E-state index in [-0.39, 0.29) is 11.8 Å². The maximum Gasteiger partial charge on any atom is 0.228 e. The van der Waals surface area contributed by atoms with Crippen molar-refractivity contribution in [2.45, 2.75) is 12.8 Å². The fourth-order valence-corrected chi connectivity index (χ4v) is 4.09. The second-order valence-corrected chi connectivity index (χ2v) is 7.73. The molecule has 0 spiro atoms. The van der Waals surface area contributed by atoms with Crippen molar-refractivity contribution < 1.29 is 14.3 Å². The summed E-state index contributed by atoms with van der Waals surface area (Å²) < 4.78 is 11.2. The minimum absolute atomic E-state index is 0.0669. The average Bonchev–Trinajstić information content (AvgIpc) is 3.08. The van der Waals surface area contributed by atoms with Gasteiger partial charge in [0, 0.05) is 49.9 Å². The molecule has 26 heavy (non-hydrogen) atoms. The first-order chi connectivity index (χ1) is 12.7. The molecule has 0 bridgehead atoms. The highest BCUT2D eigenvalue weighted by atomic mass is 35.5. The Morgan fingerprint density at radius 2 is 2.15 bits per heavy atom. The van der Waals surface area contributed by atoms with Crippen LogP contribution >= 0.6 is 11.6 Å². The Kier molecular flexibility index (Phi) is 5.48. The molecule has 0 radical (unpaired) electrons. The Balaban J connectivity index is 1.35. The van der Waals surface area contributed by atoms with Crippen molar-refractivity contribution in [3.05, 3.63) is 34.4 Å². The fraction of sp³-hybridized carbons (Fsp3) is 0.550. The van der Waals surface area contributed by atoms with E-state index in [0.717, 1.165) is 68.5 Å². The van der Waals surface area contributed by atoms with Gasteiger partial charge in [0.05, 0.1) is 12.5 Å². The van der Waals surface area contributed by atoms with Crippen LogP contribution in [0.3, 0.4) is 0 Å². The lowest BCUT2D eigenvalue weighted by molar-refractivity contribution is -0.135. The van der Waals surface area contributed by atoms with Gasteiger partial charge in [-0.3, -0.25) is 9.69 Å². The van der Waals surface area contributed by atoms with Gasteiger partial charge in [-0.1, -0.05) is 11.6 Å². The molecule has 2 saturated heterocycles. The van der Waals surface area contributed by atoms with Crippen LogP contribution < -0.4 is 4.74 Å². The molecule has 0 aliphatic carbocycles. The first-order valence-corrected chi connectivity index (χ1v) is 9.77. The highest BCUT2D eigenvalue weighted by molar-refractivity contribution is 6.30. The monoisotopic (exact) mass is 376 g/mol. The smallest absolute Gasteiger partial charge is 0.228 e. The van der Waals surface area contributed by atoms with Crippen LogP contribution in [0.25, 0.3) is 6.08 Å². The normalized spacial score (nSPS) is 23.8. The lowest BCUT2D eigenvalue weighted by Gasteiger charge is -2.26. The van der Waals surface area contributed by atoms with Crippen molar-refractivity contribution in [2.75, 3.05) is 52.5 Å². The summed E-state index contributed by atoms with van der Waals surface area (Å²) in [6.45, 7) is 6.35. The number of ether oxygens (including phenoxy) is 2. The molecule has 140 valence electrons. The van der Waals surface area contributed by atoms with Crippen LogP contribution in [0.4, 0.5) is 0 Å². The zero-order chi connectivity index (χ0) is 17.9. The quantitative estimate of drug-likeness (QED) is 0.813. The van der Waals surface area contributed by atoms with Crippen LogP contribution in [0.15, 0.2) is 23.8 Å². The summed E-state index contributed by atoms with van der Waals surface area (Å²) in [6.07, 6.45) is 4.06. The SMILES string of the molecule is O=C(C1CCOC1)N1CCCN(CC2=Cc3cc(Cl)ccc3OC2)CC1. The van der Waals surface area contributed by atoms with Crippen LogP contribution in [0, 0.1) is 5.92 Å². The number of amides is 1. The number of rotatable bonds is 3. The third kappa shape index (κ3) is 4.05. The summed E-state index contributed by atoms with van der Waals surface area (Å²) in [6, 6.07) is 5.73. The second-order valence-electron chi connectivity index (χ2n) is 7.29. The topological polar surface area (TPSA) is 42.0 Å². The van der Waals surface area contributed by atoms with Crippen molar-refractivity contribution >= 4 is 23.6 Å². The molecule has 3 aliphatic heterocycles. The molecule has 1 atom stereocenters. The number of carbonyl (C=O) groups excluding carboxylic acids is 1. The van der Waals surface area contributed by atoms with Gasteiger partial charge in [0.15, 0.2) is 0 Å². The Bertz CT molecular complexity index is 700. The maximum atomic E-state index is 12.6. The van der Waals surface area contributed by atoms with E-state index in [0.29, 0.717) is 13.2 Å². The first-order valence-electron chi connectivity index (χ1n) is 9.40. The summed E-state index contributed by atoms with van der Waals surface area (Å²) in [5.41, 5.74) is 2.30. The van der Waals surface area contributed by atoms with Crippen LogP contribution in [0.5, 0.6) is 5.75 Å². The van der Waals surface area contributed by atoms with Gasteiger partial charge in [-0.25, -0.2) is 0 Å². The van der Waals surface area contributed by atoms with E-state index in [1.54, 1.807) is 0 Å². The van der Waals surface area contributed by atoms with E-state index in [4.69, 9.17) is 21.1 Å². The van der Waals surface area contributed by atoms with Gasteiger partial charge in [0.1, 0.15) is 12.4 Å². The summed E-state index contributed by atoms with van der Waals surface area (Å²) in [5.74, 6) is 1.23. The number of fused-ring (bicyclic) bond motifs is 1. The number of nitrogens with zero attached hydrogens (tertiary/aromatic N) is 2. The van der Waals surface area contributed by atoms with E-state index in [2.05, 4.69) is 11.0 Å². The number of hydrogen-bond donors (Lipinski definition) is 0. The molecular weight excluding hydrogens is 352 g/mol. The molecule has 4 rings (SSSR count). The van der Waals surface area contributed by atoms with Gasteiger partial charge in [-0.2, -0.15) is 0 Å². The molecule has 6 heteroatoms. The number of hydrogen-bond acceptors (Lipinski definition) is 4.